The van der Waals surface area contributed by atoms with Gasteiger partial charge in [-0.15, -0.1) is 0 Å². The zero-order valence-corrected chi connectivity index (χ0v) is 25.0. The molecule has 0 radical (unpaired) electrons. The van der Waals surface area contributed by atoms with Gasteiger partial charge in [0.05, 0.1) is 33.5 Å². The Morgan fingerprint density at radius 1 is 0.348 bits per heavy atom. The fourth-order valence-electron chi connectivity index (χ4n) is 6.52. The number of imidazole rings is 2. The van der Waals surface area contributed by atoms with Crippen molar-refractivity contribution in [3.8, 4) is 50.5 Å². The van der Waals surface area contributed by atoms with Crippen molar-refractivity contribution < 1.29 is 0 Å². The molecule has 0 atom stereocenters. The Bertz CT molecular complexity index is 2470. The minimum atomic E-state index is 0.906. The fourth-order valence-corrected chi connectivity index (χ4v) is 6.52. The van der Waals surface area contributed by atoms with Crippen molar-refractivity contribution in [3.05, 3.63) is 170 Å². The molecule has 4 nitrogen and oxygen atoms in total. The monoisotopic (exact) mass is 588 g/mol. The largest absolute Gasteiger partial charge is 0.278 e. The smallest absolute Gasteiger partial charge is 0.220 e. The van der Waals surface area contributed by atoms with Gasteiger partial charge in [-0.05, 0) is 76.9 Å². The third kappa shape index (κ3) is 4.39. The Morgan fingerprint density at radius 3 is 1.70 bits per heavy atom. The molecule has 216 valence electrons. The van der Waals surface area contributed by atoms with Crippen LogP contribution in [0.3, 0.4) is 0 Å². The molecule has 0 bridgehead atoms. The van der Waals surface area contributed by atoms with Crippen LogP contribution in [0.25, 0.3) is 78.3 Å². The summed E-state index contributed by atoms with van der Waals surface area (Å²) in [5.74, 6) is 0.906. The third-order valence-electron chi connectivity index (χ3n) is 8.70. The third-order valence-corrected chi connectivity index (χ3v) is 8.70. The Kier molecular flexibility index (Phi) is 6.10. The van der Waals surface area contributed by atoms with Crippen molar-refractivity contribution in [2.75, 3.05) is 0 Å². The zero-order chi connectivity index (χ0) is 30.5. The van der Waals surface area contributed by atoms with Crippen LogP contribution < -0.4 is 0 Å². The molecular formula is C42H28N4. The summed E-state index contributed by atoms with van der Waals surface area (Å²) >= 11 is 0. The Morgan fingerprint density at radius 2 is 0.913 bits per heavy atom. The molecule has 0 aliphatic rings. The molecule has 0 aliphatic heterocycles. The Labute approximate surface area is 266 Å². The summed E-state index contributed by atoms with van der Waals surface area (Å²) in [6.45, 7) is 0. The highest BCUT2D eigenvalue weighted by Crippen LogP contribution is 2.34. The number of benzene rings is 6. The van der Waals surface area contributed by atoms with Crippen LogP contribution in [0.1, 0.15) is 0 Å². The van der Waals surface area contributed by atoms with Crippen LogP contribution in [0, 0.1) is 0 Å². The quantitative estimate of drug-likeness (QED) is 0.200. The normalized spacial score (nSPS) is 11.5. The number of hydrogen-bond donors (Lipinski definition) is 0. The number of fused-ring (bicyclic) bond motifs is 5. The van der Waals surface area contributed by atoms with Crippen molar-refractivity contribution in [3.63, 3.8) is 0 Å². The lowest BCUT2D eigenvalue weighted by Gasteiger charge is -2.12. The molecule has 0 saturated heterocycles. The summed E-state index contributed by atoms with van der Waals surface area (Å²) in [5, 5.41) is 0. The minimum absolute atomic E-state index is 0.906. The lowest BCUT2D eigenvalue weighted by atomic mass is 9.97. The van der Waals surface area contributed by atoms with E-state index in [2.05, 4.69) is 167 Å². The fraction of sp³-hybridized carbons (Fsp3) is 0. The van der Waals surface area contributed by atoms with Gasteiger partial charge >= 0.3 is 0 Å². The van der Waals surface area contributed by atoms with Gasteiger partial charge in [-0.25, -0.2) is 9.97 Å². The van der Waals surface area contributed by atoms with Gasteiger partial charge in [0.2, 0.25) is 5.78 Å². The summed E-state index contributed by atoms with van der Waals surface area (Å²) < 4.78 is 4.52. The molecule has 9 rings (SSSR count). The van der Waals surface area contributed by atoms with E-state index in [0.29, 0.717) is 0 Å². The highest BCUT2D eigenvalue weighted by molar-refractivity contribution is 5.92. The predicted octanol–water partition coefficient (Wildman–Crippen LogP) is 10.5. The summed E-state index contributed by atoms with van der Waals surface area (Å²) in [4.78, 5) is 10.2. The molecule has 0 N–H and O–H groups in total. The standard InChI is InChI=1S/C42H28N4/c1-3-13-29(14-4-1)34-27-37(30-15-5-2-6-16-30)43-38(28-34)33-19-11-17-31(25-33)32-18-12-20-35(26-32)45-40-23-9-10-24-41(40)46-39-22-8-7-21-36(39)44-42(45)46/h1-28H. The zero-order valence-electron chi connectivity index (χ0n) is 25.0. The second-order valence-electron chi connectivity index (χ2n) is 11.5. The molecule has 46 heavy (non-hydrogen) atoms. The van der Waals surface area contributed by atoms with Crippen molar-refractivity contribution >= 4 is 27.8 Å². The number of nitrogens with zero attached hydrogens (tertiary/aromatic N) is 4. The van der Waals surface area contributed by atoms with Crippen LogP contribution in [-0.2, 0) is 0 Å². The Hall–Kier alpha value is -6.26. The lowest BCUT2D eigenvalue weighted by Crippen LogP contribution is -1.95. The van der Waals surface area contributed by atoms with Gasteiger partial charge in [0.15, 0.2) is 0 Å². The van der Waals surface area contributed by atoms with E-state index >= 15 is 0 Å². The van der Waals surface area contributed by atoms with E-state index in [1.54, 1.807) is 0 Å². The van der Waals surface area contributed by atoms with E-state index in [4.69, 9.17) is 9.97 Å². The number of para-hydroxylation sites is 4. The minimum Gasteiger partial charge on any atom is -0.278 e. The summed E-state index contributed by atoms with van der Waals surface area (Å²) in [7, 11) is 0. The summed E-state index contributed by atoms with van der Waals surface area (Å²) in [6, 6.07) is 59.6. The van der Waals surface area contributed by atoms with Gasteiger partial charge in [0.1, 0.15) is 0 Å². The molecule has 0 unspecified atom stereocenters. The van der Waals surface area contributed by atoms with Crippen molar-refractivity contribution in [2.45, 2.75) is 0 Å². The van der Waals surface area contributed by atoms with E-state index in [-0.39, 0.29) is 0 Å². The molecule has 6 aromatic carbocycles. The highest BCUT2D eigenvalue weighted by Gasteiger charge is 2.17. The van der Waals surface area contributed by atoms with Gasteiger partial charge in [0.25, 0.3) is 0 Å². The molecule has 0 saturated carbocycles. The van der Waals surface area contributed by atoms with Gasteiger partial charge in [-0.1, -0.05) is 115 Å². The number of hydrogen-bond acceptors (Lipinski definition) is 2. The average molecular weight is 589 g/mol. The maximum absolute atomic E-state index is 5.17. The van der Waals surface area contributed by atoms with Gasteiger partial charge in [-0.3, -0.25) is 8.97 Å². The second-order valence-corrected chi connectivity index (χ2v) is 11.5. The summed E-state index contributed by atoms with van der Waals surface area (Å²) in [5.41, 5.74) is 14.1. The maximum atomic E-state index is 5.17. The molecule has 4 heteroatoms. The summed E-state index contributed by atoms with van der Waals surface area (Å²) in [6.07, 6.45) is 0. The highest BCUT2D eigenvalue weighted by atomic mass is 15.2. The van der Waals surface area contributed by atoms with Crippen molar-refractivity contribution in [2.24, 2.45) is 0 Å². The van der Waals surface area contributed by atoms with E-state index in [1.807, 2.05) is 12.1 Å². The molecule has 0 fully saturated rings. The maximum Gasteiger partial charge on any atom is 0.220 e. The van der Waals surface area contributed by atoms with E-state index in [9.17, 15) is 0 Å². The molecule has 3 heterocycles. The lowest BCUT2D eigenvalue weighted by molar-refractivity contribution is 1.11. The van der Waals surface area contributed by atoms with Crippen LogP contribution in [0.15, 0.2) is 170 Å². The van der Waals surface area contributed by atoms with Crippen LogP contribution >= 0.6 is 0 Å². The first-order valence-electron chi connectivity index (χ1n) is 15.5. The van der Waals surface area contributed by atoms with Crippen molar-refractivity contribution in [1.82, 2.24) is 18.9 Å². The molecule has 0 amide bonds. The van der Waals surface area contributed by atoms with Crippen LogP contribution in [0.4, 0.5) is 0 Å². The SMILES string of the molecule is c1ccc(-c2cc(-c3ccccc3)nc(-c3cccc(-c4cccc(-n5c6ccccc6n6c7ccccc7nc56)c4)c3)c2)cc1. The van der Waals surface area contributed by atoms with Crippen LogP contribution in [-0.4, -0.2) is 18.9 Å². The van der Waals surface area contributed by atoms with E-state index in [1.165, 1.54) is 5.56 Å². The van der Waals surface area contributed by atoms with Gasteiger partial charge in [0, 0.05) is 16.8 Å². The molecule has 0 aliphatic carbocycles. The number of aromatic nitrogens is 4. The average Bonchev–Trinajstić information content (AvgIpc) is 3.67. The molecular weight excluding hydrogens is 560 g/mol. The Balaban J connectivity index is 1.18. The predicted molar refractivity (Wildman–Crippen MR) is 189 cm³/mol. The van der Waals surface area contributed by atoms with Crippen LogP contribution in [0.5, 0.6) is 0 Å². The number of pyridine rings is 1. The molecule has 0 spiro atoms. The first-order chi connectivity index (χ1) is 22.8. The van der Waals surface area contributed by atoms with E-state index in [0.717, 1.165) is 72.7 Å². The molecule has 9 aromatic rings. The first-order valence-corrected chi connectivity index (χ1v) is 15.5. The first kappa shape index (κ1) is 26.2. The molecule has 3 aromatic heterocycles. The van der Waals surface area contributed by atoms with Crippen molar-refractivity contribution in [1.29, 1.82) is 0 Å². The van der Waals surface area contributed by atoms with Crippen LogP contribution in [0.2, 0.25) is 0 Å². The van der Waals surface area contributed by atoms with Gasteiger partial charge < -0.3 is 0 Å². The van der Waals surface area contributed by atoms with Gasteiger partial charge in [-0.2, -0.15) is 0 Å². The van der Waals surface area contributed by atoms with E-state index < -0.39 is 0 Å². The topological polar surface area (TPSA) is 35.1 Å². The second kappa shape index (κ2) is 10.7. The number of rotatable bonds is 5.